The van der Waals surface area contributed by atoms with Gasteiger partial charge in [0.25, 0.3) is 0 Å². The summed E-state index contributed by atoms with van der Waals surface area (Å²) in [6.07, 6.45) is 0. The molecule has 5 aromatic carbocycles. The van der Waals surface area contributed by atoms with Crippen molar-refractivity contribution in [2.45, 2.75) is 0 Å². The number of halogens is 1. The Morgan fingerprint density at radius 3 is 1.91 bits per heavy atom. The predicted molar refractivity (Wildman–Crippen MR) is 130 cm³/mol. The van der Waals surface area contributed by atoms with E-state index in [-0.39, 0.29) is 0 Å². The van der Waals surface area contributed by atoms with Crippen molar-refractivity contribution in [2.75, 3.05) is 7.11 Å². The molecule has 156 valence electrons. The van der Waals surface area contributed by atoms with Crippen molar-refractivity contribution in [3.8, 4) is 22.6 Å². The van der Waals surface area contributed by atoms with Gasteiger partial charge in [0, 0.05) is 16.1 Å². The average Bonchev–Trinajstić information content (AvgIpc) is 2.83. The molecule has 0 aliphatic heterocycles. The van der Waals surface area contributed by atoms with Crippen molar-refractivity contribution in [3.63, 3.8) is 0 Å². The van der Waals surface area contributed by atoms with Gasteiger partial charge in [0.15, 0.2) is 0 Å². The van der Waals surface area contributed by atoms with Crippen LogP contribution in [0.3, 0.4) is 0 Å². The van der Waals surface area contributed by atoms with Crippen LogP contribution in [0.2, 0.25) is 5.02 Å². The minimum absolute atomic E-state index is 0.390. The third-order valence-electron chi connectivity index (χ3n) is 5.51. The van der Waals surface area contributed by atoms with E-state index in [1.807, 2.05) is 60.7 Å². The Balaban J connectivity index is 1.78. The van der Waals surface area contributed by atoms with Gasteiger partial charge in [-0.25, -0.2) is 4.79 Å². The molecule has 0 aliphatic rings. The Morgan fingerprint density at radius 1 is 0.688 bits per heavy atom. The fraction of sp³-hybridized carbons (Fsp3) is 0.0357. The molecular weight excluding hydrogens is 420 g/mol. The summed E-state index contributed by atoms with van der Waals surface area (Å²) in [5.41, 5.74) is 2.09. The summed E-state index contributed by atoms with van der Waals surface area (Å²) < 4.78 is 11.7. The largest absolute Gasteiger partial charge is 0.496 e. The van der Waals surface area contributed by atoms with Crippen LogP contribution in [0.15, 0.2) is 97.1 Å². The highest BCUT2D eigenvalue weighted by atomic mass is 35.5. The fourth-order valence-electron chi connectivity index (χ4n) is 4.05. The zero-order valence-corrected chi connectivity index (χ0v) is 18.1. The number of ether oxygens (including phenoxy) is 2. The lowest BCUT2D eigenvalue weighted by atomic mass is 9.92. The number of fused-ring (bicyclic) bond motifs is 2. The molecule has 0 spiro atoms. The lowest BCUT2D eigenvalue weighted by Gasteiger charge is -2.18. The van der Waals surface area contributed by atoms with Gasteiger partial charge in [-0.2, -0.15) is 0 Å². The van der Waals surface area contributed by atoms with E-state index in [1.54, 1.807) is 31.4 Å². The highest BCUT2D eigenvalue weighted by Gasteiger charge is 2.20. The quantitative estimate of drug-likeness (QED) is 0.215. The summed E-state index contributed by atoms with van der Waals surface area (Å²) in [6.45, 7) is 0. The second kappa shape index (κ2) is 8.37. The Bertz CT molecular complexity index is 1470. The van der Waals surface area contributed by atoms with Crippen LogP contribution in [-0.4, -0.2) is 13.1 Å². The van der Waals surface area contributed by atoms with Crippen molar-refractivity contribution in [1.82, 2.24) is 0 Å². The molecule has 0 aliphatic carbocycles. The van der Waals surface area contributed by atoms with Crippen LogP contribution in [0.5, 0.6) is 11.5 Å². The van der Waals surface area contributed by atoms with Gasteiger partial charge in [0.05, 0.1) is 12.7 Å². The minimum Gasteiger partial charge on any atom is -0.496 e. The first-order valence-electron chi connectivity index (χ1n) is 10.2. The number of benzene rings is 5. The SMILES string of the molecule is COc1ccc2ccccc2c1-c1c(OC(=O)c2cccc(Cl)c2)ccc2ccccc12. The number of esters is 1. The number of rotatable bonds is 4. The predicted octanol–water partition coefficient (Wildman–Crippen LogP) is 7.54. The molecule has 0 aromatic heterocycles. The van der Waals surface area contributed by atoms with Crippen LogP contribution in [-0.2, 0) is 0 Å². The third kappa shape index (κ3) is 3.57. The van der Waals surface area contributed by atoms with Crippen molar-refractivity contribution < 1.29 is 14.3 Å². The number of methoxy groups -OCH3 is 1. The molecule has 0 radical (unpaired) electrons. The maximum atomic E-state index is 13.0. The van der Waals surface area contributed by atoms with Crippen molar-refractivity contribution >= 4 is 39.1 Å². The highest BCUT2D eigenvalue weighted by Crippen LogP contribution is 2.45. The van der Waals surface area contributed by atoms with Gasteiger partial charge in [-0.15, -0.1) is 0 Å². The second-order valence-electron chi connectivity index (χ2n) is 7.42. The lowest BCUT2D eigenvalue weighted by molar-refractivity contribution is 0.0736. The average molecular weight is 439 g/mol. The van der Waals surface area contributed by atoms with Crippen LogP contribution in [0.1, 0.15) is 10.4 Å². The monoisotopic (exact) mass is 438 g/mol. The van der Waals surface area contributed by atoms with Crippen LogP contribution < -0.4 is 9.47 Å². The van der Waals surface area contributed by atoms with Crippen molar-refractivity contribution in [2.24, 2.45) is 0 Å². The van der Waals surface area contributed by atoms with Gasteiger partial charge < -0.3 is 9.47 Å². The summed E-state index contributed by atoms with van der Waals surface area (Å²) in [6, 6.07) is 30.7. The summed E-state index contributed by atoms with van der Waals surface area (Å²) in [5, 5.41) is 4.58. The Hall–Kier alpha value is -3.82. The van der Waals surface area contributed by atoms with E-state index in [9.17, 15) is 4.79 Å². The van der Waals surface area contributed by atoms with Gasteiger partial charge in [-0.05, 0) is 51.9 Å². The van der Waals surface area contributed by atoms with Gasteiger partial charge in [-0.3, -0.25) is 0 Å². The molecule has 0 N–H and O–H groups in total. The van der Waals surface area contributed by atoms with E-state index in [0.29, 0.717) is 22.1 Å². The molecule has 32 heavy (non-hydrogen) atoms. The molecule has 4 heteroatoms. The van der Waals surface area contributed by atoms with E-state index in [0.717, 1.165) is 32.7 Å². The molecule has 0 fully saturated rings. The Morgan fingerprint density at radius 2 is 1.28 bits per heavy atom. The van der Waals surface area contributed by atoms with Gasteiger partial charge >= 0.3 is 5.97 Å². The zero-order chi connectivity index (χ0) is 22.1. The molecule has 3 nitrogen and oxygen atoms in total. The Labute approximate surface area is 190 Å². The first kappa shape index (κ1) is 20.1. The molecular formula is C28H19ClO3. The first-order chi connectivity index (χ1) is 15.7. The molecule has 5 aromatic rings. The van der Waals surface area contributed by atoms with E-state index in [2.05, 4.69) is 12.1 Å². The van der Waals surface area contributed by atoms with Crippen LogP contribution in [0.25, 0.3) is 32.7 Å². The molecule has 0 heterocycles. The standard InChI is InChI=1S/C28H19ClO3/c1-31-24-15-13-18-7-2-4-11-22(18)26(24)27-23-12-5-3-8-19(23)14-16-25(27)32-28(30)20-9-6-10-21(29)17-20/h2-17H,1H3. The van der Waals surface area contributed by atoms with Crippen LogP contribution in [0, 0.1) is 0 Å². The second-order valence-corrected chi connectivity index (χ2v) is 7.86. The summed E-state index contributed by atoms with van der Waals surface area (Å²) >= 11 is 6.08. The molecule has 0 saturated carbocycles. The van der Waals surface area contributed by atoms with Gasteiger partial charge in [0.1, 0.15) is 11.5 Å². The number of carbonyl (C=O) groups is 1. The minimum atomic E-state index is -0.469. The van der Waals surface area contributed by atoms with Gasteiger partial charge in [0.2, 0.25) is 0 Å². The number of carbonyl (C=O) groups excluding carboxylic acids is 1. The van der Waals surface area contributed by atoms with E-state index in [1.165, 1.54) is 0 Å². The Kier molecular flexibility index (Phi) is 5.26. The molecule has 0 saturated heterocycles. The molecule has 0 bridgehead atoms. The van der Waals surface area contributed by atoms with Crippen molar-refractivity contribution in [3.05, 3.63) is 108 Å². The molecule has 0 unspecified atom stereocenters. The van der Waals surface area contributed by atoms with Crippen LogP contribution >= 0.6 is 11.6 Å². The maximum Gasteiger partial charge on any atom is 0.343 e. The van der Waals surface area contributed by atoms with Crippen molar-refractivity contribution in [1.29, 1.82) is 0 Å². The fourth-order valence-corrected chi connectivity index (χ4v) is 4.24. The topological polar surface area (TPSA) is 35.5 Å². The van der Waals surface area contributed by atoms with Gasteiger partial charge in [-0.1, -0.05) is 78.3 Å². The molecule has 0 atom stereocenters. The lowest BCUT2D eigenvalue weighted by Crippen LogP contribution is -2.09. The normalized spacial score (nSPS) is 10.9. The summed E-state index contributed by atoms with van der Waals surface area (Å²) in [5.74, 6) is 0.701. The third-order valence-corrected chi connectivity index (χ3v) is 5.75. The summed E-state index contributed by atoms with van der Waals surface area (Å²) in [7, 11) is 1.65. The maximum absolute atomic E-state index is 13.0. The summed E-state index contributed by atoms with van der Waals surface area (Å²) in [4.78, 5) is 13.0. The zero-order valence-electron chi connectivity index (χ0n) is 17.3. The number of hydrogen-bond acceptors (Lipinski definition) is 3. The first-order valence-corrected chi connectivity index (χ1v) is 10.6. The van der Waals surface area contributed by atoms with Crippen LogP contribution in [0.4, 0.5) is 0 Å². The van der Waals surface area contributed by atoms with E-state index < -0.39 is 5.97 Å². The highest BCUT2D eigenvalue weighted by molar-refractivity contribution is 6.30. The molecule has 5 rings (SSSR count). The number of hydrogen-bond donors (Lipinski definition) is 0. The molecule has 0 amide bonds. The smallest absolute Gasteiger partial charge is 0.343 e. The van der Waals surface area contributed by atoms with E-state index >= 15 is 0 Å². The van der Waals surface area contributed by atoms with E-state index in [4.69, 9.17) is 21.1 Å².